The van der Waals surface area contributed by atoms with Crippen LogP contribution in [0, 0.1) is 11.3 Å². The van der Waals surface area contributed by atoms with E-state index in [1.807, 2.05) is 48.5 Å². The number of amides is 1. The van der Waals surface area contributed by atoms with Crippen LogP contribution >= 0.6 is 11.6 Å². The number of hydrogen-bond acceptors (Lipinski definition) is 4. The van der Waals surface area contributed by atoms with Crippen LogP contribution in [0.25, 0.3) is 23.0 Å². The number of benzene rings is 2. The van der Waals surface area contributed by atoms with Crippen molar-refractivity contribution in [2.24, 2.45) is 0 Å². The van der Waals surface area contributed by atoms with Crippen LogP contribution < -0.4 is 5.32 Å². The molecule has 2 aromatic carbocycles. The highest BCUT2D eigenvalue weighted by Crippen LogP contribution is 2.27. The van der Waals surface area contributed by atoms with E-state index in [-0.39, 0.29) is 12.1 Å². The summed E-state index contributed by atoms with van der Waals surface area (Å²) >= 11 is 6.02. The molecule has 0 unspecified atom stereocenters. The van der Waals surface area contributed by atoms with Crippen molar-refractivity contribution in [3.05, 3.63) is 101 Å². The SMILES string of the molecule is N#C/C(=C\c1cn(-c2ccccc2)nc1-c1ccc(Cl)cc1)C(=O)NCc1ccco1. The van der Waals surface area contributed by atoms with Gasteiger partial charge in [-0.2, -0.15) is 10.4 Å². The van der Waals surface area contributed by atoms with Gasteiger partial charge in [0.25, 0.3) is 5.91 Å². The number of nitrogens with one attached hydrogen (secondary N) is 1. The van der Waals surface area contributed by atoms with E-state index in [4.69, 9.17) is 16.0 Å². The van der Waals surface area contributed by atoms with Gasteiger partial charge in [0.15, 0.2) is 0 Å². The van der Waals surface area contributed by atoms with Gasteiger partial charge in [0.05, 0.1) is 24.2 Å². The van der Waals surface area contributed by atoms with E-state index >= 15 is 0 Å². The molecule has 0 saturated carbocycles. The molecule has 0 aliphatic heterocycles. The van der Waals surface area contributed by atoms with Crippen molar-refractivity contribution < 1.29 is 9.21 Å². The lowest BCUT2D eigenvalue weighted by molar-refractivity contribution is -0.117. The number of halogens is 1. The van der Waals surface area contributed by atoms with Gasteiger partial charge in [0.1, 0.15) is 17.4 Å². The summed E-state index contributed by atoms with van der Waals surface area (Å²) in [4.78, 5) is 12.6. The number of carbonyl (C=O) groups is 1. The number of hydrogen-bond donors (Lipinski definition) is 1. The third kappa shape index (κ3) is 4.74. The number of para-hydroxylation sites is 1. The van der Waals surface area contributed by atoms with E-state index < -0.39 is 5.91 Å². The van der Waals surface area contributed by atoms with Crippen molar-refractivity contribution in [2.45, 2.75) is 6.54 Å². The zero-order valence-electron chi connectivity index (χ0n) is 16.3. The van der Waals surface area contributed by atoms with Crippen LogP contribution in [0.2, 0.25) is 5.02 Å². The summed E-state index contributed by atoms with van der Waals surface area (Å²) < 4.78 is 6.93. The van der Waals surface area contributed by atoms with Crippen LogP contribution in [0.1, 0.15) is 11.3 Å². The Morgan fingerprint density at radius 2 is 1.90 bits per heavy atom. The molecule has 0 fully saturated rings. The minimum absolute atomic E-state index is 0.0330. The molecule has 0 aliphatic carbocycles. The first-order chi connectivity index (χ1) is 15.1. The summed E-state index contributed by atoms with van der Waals surface area (Å²) in [5.74, 6) is 0.109. The second-order valence-corrected chi connectivity index (χ2v) is 7.09. The fourth-order valence-corrected chi connectivity index (χ4v) is 3.14. The molecule has 152 valence electrons. The third-order valence-electron chi connectivity index (χ3n) is 4.55. The molecule has 6 nitrogen and oxygen atoms in total. The lowest BCUT2D eigenvalue weighted by atomic mass is 10.1. The van der Waals surface area contributed by atoms with E-state index in [0.717, 1.165) is 11.3 Å². The van der Waals surface area contributed by atoms with Gasteiger partial charge in [0.2, 0.25) is 0 Å². The zero-order valence-corrected chi connectivity index (χ0v) is 17.1. The van der Waals surface area contributed by atoms with Gasteiger partial charge in [-0.25, -0.2) is 4.68 Å². The highest BCUT2D eigenvalue weighted by molar-refractivity contribution is 6.30. The highest BCUT2D eigenvalue weighted by atomic mass is 35.5. The molecule has 2 heterocycles. The first-order valence-corrected chi connectivity index (χ1v) is 9.85. The Kier molecular flexibility index (Phi) is 5.97. The number of nitriles is 1. The second kappa shape index (κ2) is 9.16. The van der Waals surface area contributed by atoms with Crippen LogP contribution in [0.4, 0.5) is 0 Å². The lowest BCUT2D eigenvalue weighted by Crippen LogP contribution is -2.23. The van der Waals surface area contributed by atoms with Crippen LogP contribution in [-0.4, -0.2) is 15.7 Å². The maximum atomic E-state index is 12.6. The molecule has 7 heteroatoms. The number of carbonyl (C=O) groups excluding carboxylic acids is 1. The molecule has 0 spiro atoms. The first-order valence-electron chi connectivity index (χ1n) is 9.47. The molecular formula is C24H17ClN4O2. The number of rotatable bonds is 6. The summed E-state index contributed by atoms with van der Waals surface area (Å²) in [6, 6.07) is 22.3. The Balaban J connectivity index is 1.70. The Hall–Kier alpha value is -4.08. The Morgan fingerprint density at radius 3 is 2.58 bits per heavy atom. The summed E-state index contributed by atoms with van der Waals surface area (Å²) in [5, 5.41) is 17.6. The second-order valence-electron chi connectivity index (χ2n) is 6.65. The fraction of sp³-hybridized carbons (Fsp3) is 0.0417. The third-order valence-corrected chi connectivity index (χ3v) is 4.80. The smallest absolute Gasteiger partial charge is 0.262 e. The monoisotopic (exact) mass is 428 g/mol. The average molecular weight is 429 g/mol. The molecule has 2 aromatic heterocycles. The molecule has 4 aromatic rings. The lowest BCUT2D eigenvalue weighted by Gasteiger charge is -2.03. The predicted molar refractivity (Wildman–Crippen MR) is 118 cm³/mol. The van der Waals surface area contributed by atoms with Crippen molar-refractivity contribution in [1.82, 2.24) is 15.1 Å². The van der Waals surface area contributed by atoms with Crippen molar-refractivity contribution in [3.63, 3.8) is 0 Å². The molecular weight excluding hydrogens is 412 g/mol. The maximum absolute atomic E-state index is 12.6. The van der Waals surface area contributed by atoms with Crippen molar-refractivity contribution in [3.8, 4) is 23.0 Å². The van der Waals surface area contributed by atoms with Crippen molar-refractivity contribution >= 4 is 23.6 Å². The summed E-state index contributed by atoms with van der Waals surface area (Å²) in [5.41, 5.74) is 2.91. The molecule has 0 atom stereocenters. The Morgan fingerprint density at radius 1 is 1.13 bits per heavy atom. The van der Waals surface area contributed by atoms with Gasteiger partial charge < -0.3 is 9.73 Å². The summed E-state index contributed by atoms with van der Waals surface area (Å²) in [7, 11) is 0. The molecule has 1 amide bonds. The van der Waals surface area contributed by atoms with E-state index in [1.165, 1.54) is 12.3 Å². The van der Waals surface area contributed by atoms with Gasteiger partial charge in [0, 0.05) is 22.3 Å². The zero-order chi connectivity index (χ0) is 21.6. The maximum Gasteiger partial charge on any atom is 0.262 e. The topological polar surface area (TPSA) is 83.8 Å². The minimum Gasteiger partial charge on any atom is -0.467 e. The quantitative estimate of drug-likeness (QED) is 0.345. The summed E-state index contributed by atoms with van der Waals surface area (Å²) in [6.45, 7) is 0.193. The van der Waals surface area contributed by atoms with Gasteiger partial charge in [-0.05, 0) is 42.5 Å². The van der Waals surface area contributed by atoms with Crippen LogP contribution in [0.3, 0.4) is 0 Å². The fourth-order valence-electron chi connectivity index (χ4n) is 3.02. The van der Waals surface area contributed by atoms with E-state index in [1.54, 1.807) is 35.1 Å². The van der Waals surface area contributed by atoms with Gasteiger partial charge in [-0.3, -0.25) is 4.79 Å². The van der Waals surface area contributed by atoms with Crippen LogP contribution in [0.15, 0.2) is 89.2 Å². The van der Waals surface area contributed by atoms with E-state index in [0.29, 0.717) is 22.0 Å². The standard InChI is InChI=1S/C24H17ClN4O2/c25-20-10-8-17(9-11-20)23-19(16-29(28-23)21-5-2-1-3-6-21)13-18(14-26)24(30)27-15-22-7-4-12-31-22/h1-13,16H,15H2,(H,27,30)/b18-13+. The number of aromatic nitrogens is 2. The summed E-state index contributed by atoms with van der Waals surface area (Å²) in [6.07, 6.45) is 4.85. The highest BCUT2D eigenvalue weighted by Gasteiger charge is 2.15. The largest absolute Gasteiger partial charge is 0.467 e. The van der Waals surface area contributed by atoms with Crippen LogP contribution in [0.5, 0.6) is 0 Å². The molecule has 0 aliphatic rings. The Labute approximate surface area is 184 Å². The van der Waals surface area contributed by atoms with Crippen molar-refractivity contribution in [2.75, 3.05) is 0 Å². The number of nitrogens with zero attached hydrogens (tertiary/aromatic N) is 3. The molecule has 31 heavy (non-hydrogen) atoms. The molecule has 0 bridgehead atoms. The first kappa shape index (κ1) is 20.2. The average Bonchev–Trinajstić information content (AvgIpc) is 3.47. The number of furan rings is 1. The molecule has 0 saturated heterocycles. The predicted octanol–water partition coefficient (Wildman–Crippen LogP) is 5.01. The van der Waals surface area contributed by atoms with Crippen molar-refractivity contribution in [1.29, 1.82) is 5.26 Å². The van der Waals surface area contributed by atoms with E-state index in [9.17, 15) is 10.1 Å². The van der Waals surface area contributed by atoms with Gasteiger partial charge >= 0.3 is 0 Å². The molecule has 1 N–H and O–H groups in total. The van der Waals surface area contributed by atoms with E-state index in [2.05, 4.69) is 10.4 Å². The van der Waals surface area contributed by atoms with Gasteiger partial charge in [-0.1, -0.05) is 41.9 Å². The molecule has 0 radical (unpaired) electrons. The van der Waals surface area contributed by atoms with Crippen LogP contribution in [-0.2, 0) is 11.3 Å². The Bertz CT molecular complexity index is 1250. The normalized spacial score (nSPS) is 11.2. The molecule has 4 rings (SSSR count). The minimum atomic E-state index is -0.492. The van der Waals surface area contributed by atoms with Gasteiger partial charge in [-0.15, -0.1) is 0 Å².